The number of hydrogen-bond acceptors (Lipinski definition) is 2. The first-order valence-electron chi connectivity index (χ1n) is 6.39. The number of Topliss-reactive ketones (excluding diaryl/α,β-unsaturated/α-hetero) is 2. The average molecular weight is 246 g/mol. The lowest BCUT2D eigenvalue weighted by Gasteiger charge is -2.19. The van der Waals surface area contributed by atoms with E-state index in [1.807, 2.05) is 0 Å². The van der Waals surface area contributed by atoms with Crippen LogP contribution in [0, 0.1) is 0 Å². The first-order chi connectivity index (χ1) is 8.29. The van der Waals surface area contributed by atoms with Crippen molar-refractivity contribution in [2.75, 3.05) is 0 Å². The van der Waals surface area contributed by atoms with Gasteiger partial charge in [0.1, 0.15) is 11.6 Å². The number of aryl methyl sites for hydroxylation is 1. The molecule has 0 amide bonds. The Morgan fingerprint density at radius 2 is 1.61 bits per heavy atom. The summed E-state index contributed by atoms with van der Waals surface area (Å²) in [7, 11) is 0. The molecule has 0 aliphatic heterocycles. The minimum Gasteiger partial charge on any atom is -0.300 e. The maximum absolute atomic E-state index is 11.4. The number of carbonyl (C=O) groups excluding carboxylic acids is 2. The summed E-state index contributed by atoms with van der Waals surface area (Å²) in [6.45, 7) is 7.99. The first kappa shape index (κ1) is 14.6. The molecule has 18 heavy (non-hydrogen) atoms. The molecule has 0 aromatic heterocycles. The minimum atomic E-state index is -0.0527. The molecule has 0 saturated carbocycles. The lowest BCUT2D eigenvalue weighted by Crippen LogP contribution is -2.11. The summed E-state index contributed by atoms with van der Waals surface area (Å²) >= 11 is 0. The Morgan fingerprint density at radius 1 is 1.06 bits per heavy atom. The van der Waals surface area contributed by atoms with Crippen molar-refractivity contribution in [3.05, 3.63) is 35.4 Å². The molecule has 0 fully saturated rings. The van der Waals surface area contributed by atoms with Crippen molar-refractivity contribution in [1.29, 1.82) is 0 Å². The highest BCUT2D eigenvalue weighted by Gasteiger charge is 2.13. The zero-order valence-electron chi connectivity index (χ0n) is 11.7. The fraction of sp³-hybridized carbons (Fsp3) is 0.500. The Balaban J connectivity index is 2.54. The SMILES string of the molecule is CC(=O)CC(=O)CCc1ccc(C(C)(C)C)cc1. The Bertz CT molecular complexity index is 421. The fourth-order valence-corrected chi connectivity index (χ4v) is 1.82. The number of benzene rings is 1. The van der Waals surface area contributed by atoms with Gasteiger partial charge in [0.25, 0.3) is 0 Å². The van der Waals surface area contributed by atoms with Crippen molar-refractivity contribution in [3.63, 3.8) is 0 Å². The van der Waals surface area contributed by atoms with E-state index in [4.69, 9.17) is 0 Å². The van der Waals surface area contributed by atoms with Gasteiger partial charge in [-0.15, -0.1) is 0 Å². The second-order valence-corrected chi connectivity index (χ2v) is 5.86. The Morgan fingerprint density at radius 3 is 2.06 bits per heavy atom. The molecule has 0 heterocycles. The van der Waals surface area contributed by atoms with Gasteiger partial charge in [0.15, 0.2) is 0 Å². The molecule has 0 N–H and O–H groups in total. The van der Waals surface area contributed by atoms with E-state index in [9.17, 15) is 9.59 Å². The van der Waals surface area contributed by atoms with E-state index in [0.717, 1.165) is 12.0 Å². The molecule has 0 aliphatic rings. The summed E-state index contributed by atoms with van der Waals surface area (Å²) in [6, 6.07) is 8.37. The van der Waals surface area contributed by atoms with Crippen LogP contribution in [0.15, 0.2) is 24.3 Å². The molecule has 1 rings (SSSR count). The molecule has 1 aromatic carbocycles. The van der Waals surface area contributed by atoms with Gasteiger partial charge in [0.2, 0.25) is 0 Å². The van der Waals surface area contributed by atoms with Crippen LogP contribution in [0.25, 0.3) is 0 Å². The van der Waals surface area contributed by atoms with E-state index in [1.54, 1.807) is 0 Å². The third-order valence-corrected chi connectivity index (χ3v) is 2.96. The van der Waals surface area contributed by atoms with Gasteiger partial charge in [0.05, 0.1) is 6.42 Å². The highest BCUT2D eigenvalue weighted by molar-refractivity contribution is 5.97. The van der Waals surface area contributed by atoms with E-state index in [-0.39, 0.29) is 23.4 Å². The zero-order chi connectivity index (χ0) is 13.8. The fourth-order valence-electron chi connectivity index (χ4n) is 1.82. The van der Waals surface area contributed by atoms with Crippen LogP contribution in [0.1, 0.15) is 51.7 Å². The third-order valence-electron chi connectivity index (χ3n) is 2.96. The van der Waals surface area contributed by atoms with Crippen molar-refractivity contribution in [3.8, 4) is 0 Å². The monoisotopic (exact) mass is 246 g/mol. The van der Waals surface area contributed by atoms with E-state index in [1.165, 1.54) is 12.5 Å². The largest absolute Gasteiger partial charge is 0.300 e. The van der Waals surface area contributed by atoms with Crippen molar-refractivity contribution in [2.24, 2.45) is 0 Å². The highest BCUT2D eigenvalue weighted by atomic mass is 16.1. The van der Waals surface area contributed by atoms with E-state index < -0.39 is 0 Å². The van der Waals surface area contributed by atoms with Gasteiger partial charge in [-0.3, -0.25) is 9.59 Å². The summed E-state index contributed by atoms with van der Waals surface area (Å²) in [4.78, 5) is 22.2. The van der Waals surface area contributed by atoms with Crippen LogP contribution >= 0.6 is 0 Å². The molecule has 0 radical (unpaired) electrons. The van der Waals surface area contributed by atoms with Crippen LogP contribution in [-0.2, 0) is 21.4 Å². The quantitative estimate of drug-likeness (QED) is 0.745. The van der Waals surface area contributed by atoms with Crippen LogP contribution in [0.5, 0.6) is 0 Å². The van der Waals surface area contributed by atoms with E-state index in [2.05, 4.69) is 45.0 Å². The second kappa shape index (κ2) is 5.94. The van der Waals surface area contributed by atoms with Crippen molar-refractivity contribution in [2.45, 2.75) is 52.4 Å². The number of hydrogen-bond donors (Lipinski definition) is 0. The van der Waals surface area contributed by atoms with Crippen LogP contribution in [-0.4, -0.2) is 11.6 Å². The van der Waals surface area contributed by atoms with Gasteiger partial charge in [-0.2, -0.15) is 0 Å². The Labute approximate surface area is 109 Å². The maximum Gasteiger partial charge on any atom is 0.140 e. The van der Waals surface area contributed by atoms with Crippen molar-refractivity contribution in [1.82, 2.24) is 0 Å². The number of carbonyl (C=O) groups is 2. The van der Waals surface area contributed by atoms with Crippen LogP contribution in [0.3, 0.4) is 0 Å². The first-order valence-corrected chi connectivity index (χ1v) is 6.39. The molecular weight excluding hydrogens is 224 g/mol. The molecule has 2 heteroatoms. The predicted molar refractivity (Wildman–Crippen MR) is 73.8 cm³/mol. The van der Waals surface area contributed by atoms with Gasteiger partial charge in [-0.25, -0.2) is 0 Å². The minimum absolute atomic E-state index is 0.0300. The summed E-state index contributed by atoms with van der Waals surface area (Å²) in [5, 5.41) is 0. The smallest absolute Gasteiger partial charge is 0.140 e. The normalized spacial score (nSPS) is 11.3. The molecule has 0 spiro atoms. The van der Waals surface area contributed by atoms with Gasteiger partial charge >= 0.3 is 0 Å². The summed E-state index contributed by atoms with van der Waals surface area (Å²) in [6.07, 6.45) is 1.24. The van der Waals surface area contributed by atoms with Crippen LogP contribution < -0.4 is 0 Å². The van der Waals surface area contributed by atoms with Gasteiger partial charge in [-0.1, -0.05) is 45.0 Å². The Hall–Kier alpha value is -1.44. The van der Waals surface area contributed by atoms with Gasteiger partial charge < -0.3 is 0 Å². The molecule has 0 aliphatic carbocycles. The second-order valence-electron chi connectivity index (χ2n) is 5.86. The lowest BCUT2D eigenvalue weighted by atomic mass is 9.86. The van der Waals surface area contributed by atoms with Crippen molar-refractivity contribution >= 4 is 11.6 Å². The Kier molecular flexibility index (Phi) is 4.83. The molecule has 0 bridgehead atoms. The highest BCUT2D eigenvalue weighted by Crippen LogP contribution is 2.22. The molecule has 0 saturated heterocycles. The summed E-state index contributed by atoms with van der Waals surface area (Å²) in [5.41, 5.74) is 2.60. The van der Waals surface area contributed by atoms with E-state index in [0.29, 0.717) is 6.42 Å². The van der Waals surface area contributed by atoms with Crippen molar-refractivity contribution < 1.29 is 9.59 Å². The van der Waals surface area contributed by atoms with Crippen LogP contribution in [0.2, 0.25) is 0 Å². The molecule has 0 unspecified atom stereocenters. The zero-order valence-corrected chi connectivity index (χ0v) is 11.7. The lowest BCUT2D eigenvalue weighted by molar-refractivity contribution is -0.125. The predicted octanol–water partition coefficient (Wildman–Crippen LogP) is 3.46. The summed E-state index contributed by atoms with van der Waals surface area (Å²) in [5.74, 6) is -0.0227. The molecule has 98 valence electrons. The van der Waals surface area contributed by atoms with Gasteiger partial charge in [0, 0.05) is 6.42 Å². The standard InChI is InChI=1S/C16H22O2/c1-12(17)11-15(18)10-7-13-5-8-14(9-6-13)16(2,3)4/h5-6,8-9H,7,10-11H2,1-4H3. The maximum atomic E-state index is 11.4. The third kappa shape index (κ3) is 4.82. The molecule has 0 atom stereocenters. The van der Waals surface area contributed by atoms with Crippen LogP contribution in [0.4, 0.5) is 0 Å². The molecular formula is C16H22O2. The molecule has 1 aromatic rings. The number of rotatable bonds is 5. The average Bonchev–Trinajstić information content (AvgIpc) is 2.25. The summed E-state index contributed by atoms with van der Waals surface area (Å²) < 4.78 is 0. The topological polar surface area (TPSA) is 34.1 Å². The number of ketones is 2. The van der Waals surface area contributed by atoms with E-state index >= 15 is 0 Å². The molecule has 2 nitrogen and oxygen atoms in total. The van der Waals surface area contributed by atoms with Gasteiger partial charge in [-0.05, 0) is 29.9 Å².